The second-order valence-corrected chi connectivity index (χ2v) is 6.86. The molecule has 0 saturated carbocycles. The Labute approximate surface area is 164 Å². The summed E-state index contributed by atoms with van der Waals surface area (Å²) in [7, 11) is 0. The van der Waals surface area contributed by atoms with Crippen LogP contribution in [0.2, 0.25) is 0 Å². The van der Waals surface area contributed by atoms with E-state index in [0.717, 1.165) is 5.56 Å². The fourth-order valence-corrected chi connectivity index (χ4v) is 2.66. The third kappa shape index (κ3) is 5.84. The maximum absolute atomic E-state index is 12.6. The molecule has 2 rings (SSSR count). The third-order valence-corrected chi connectivity index (χ3v) is 4.27. The number of carboxylic acids is 1. The Bertz CT molecular complexity index is 850. The van der Waals surface area contributed by atoms with Gasteiger partial charge in [-0.2, -0.15) is 0 Å². The molecule has 0 heterocycles. The Balaban J connectivity index is 2.00. The zero-order valence-corrected chi connectivity index (χ0v) is 16.2. The molecule has 0 aromatic heterocycles. The quantitative estimate of drug-likeness (QED) is 0.589. The molecule has 0 spiro atoms. The summed E-state index contributed by atoms with van der Waals surface area (Å²) >= 11 is 0. The zero-order valence-electron chi connectivity index (χ0n) is 16.2. The molecule has 4 N–H and O–H groups in total. The Kier molecular flexibility index (Phi) is 7.14. The molecule has 0 aliphatic heterocycles. The van der Waals surface area contributed by atoms with Crippen LogP contribution in [0.3, 0.4) is 0 Å². The number of carbonyl (C=O) groups is 3. The second kappa shape index (κ2) is 9.55. The molecule has 3 amide bonds. The van der Waals surface area contributed by atoms with Crippen molar-refractivity contribution in [3.63, 3.8) is 0 Å². The third-order valence-electron chi connectivity index (χ3n) is 4.27. The van der Waals surface area contributed by atoms with E-state index in [1.54, 1.807) is 19.1 Å². The maximum Gasteiger partial charge on any atom is 0.336 e. The van der Waals surface area contributed by atoms with Gasteiger partial charge in [-0.25, -0.2) is 9.59 Å². The average Bonchev–Trinajstić information content (AvgIpc) is 2.66. The highest BCUT2D eigenvalue weighted by atomic mass is 16.4. The number of nitrogens with one attached hydrogen (secondary N) is 3. The largest absolute Gasteiger partial charge is 0.478 e. The summed E-state index contributed by atoms with van der Waals surface area (Å²) in [4.78, 5) is 36.1. The number of benzene rings is 2. The van der Waals surface area contributed by atoms with Crippen LogP contribution in [0, 0.1) is 12.8 Å². The van der Waals surface area contributed by atoms with Gasteiger partial charge < -0.3 is 21.1 Å². The minimum atomic E-state index is -1.06. The normalized spacial score (nSPS) is 11.6. The van der Waals surface area contributed by atoms with Gasteiger partial charge >= 0.3 is 12.0 Å². The fourth-order valence-electron chi connectivity index (χ4n) is 2.66. The van der Waals surface area contributed by atoms with Crippen LogP contribution in [-0.2, 0) is 11.3 Å². The van der Waals surface area contributed by atoms with E-state index in [4.69, 9.17) is 0 Å². The van der Waals surface area contributed by atoms with Crippen LogP contribution in [0.1, 0.15) is 35.3 Å². The van der Waals surface area contributed by atoms with Crippen LogP contribution in [0.25, 0.3) is 0 Å². The molecule has 28 heavy (non-hydrogen) atoms. The predicted molar refractivity (Wildman–Crippen MR) is 107 cm³/mol. The molecule has 1 atom stereocenters. The lowest BCUT2D eigenvalue weighted by atomic mass is 10.0. The molecular weight excluding hydrogens is 358 g/mol. The van der Waals surface area contributed by atoms with Crippen molar-refractivity contribution in [3.8, 4) is 0 Å². The van der Waals surface area contributed by atoms with Gasteiger partial charge in [-0.05, 0) is 36.1 Å². The number of hydrogen-bond acceptors (Lipinski definition) is 3. The highest BCUT2D eigenvalue weighted by molar-refractivity contribution is 5.98. The molecule has 148 valence electrons. The van der Waals surface area contributed by atoms with E-state index >= 15 is 0 Å². The number of hydrogen-bond donors (Lipinski definition) is 4. The Morgan fingerprint density at radius 3 is 2.32 bits per heavy atom. The van der Waals surface area contributed by atoms with Crippen LogP contribution in [0.15, 0.2) is 48.5 Å². The van der Waals surface area contributed by atoms with Crippen molar-refractivity contribution in [2.75, 3.05) is 5.32 Å². The molecule has 7 nitrogen and oxygen atoms in total. The summed E-state index contributed by atoms with van der Waals surface area (Å²) < 4.78 is 0. The van der Waals surface area contributed by atoms with E-state index in [2.05, 4.69) is 16.0 Å². The first-order valence-electron chi connectivity index (χ1n) is 9.01. The van der Waals surface area contributed by atoms with Gasteiger partial charge in [0.1, 0.15) is 6.04 Å². The number of aryl methyl sites for hydroxylation is 1. The summed E-state index contributed by atoms with van der Waals surface area (Å²) in [5, 5.41) is 17.3. The summed E-state index contributed by atoms with van der Waals surface area (Å²) in [6, 6.07) is 12.9. The van der Waals surface area contributed by atoms with Gasteiger partial charge in [-0.15, -0.1) is 0 Å². The minimum Gasteiger partial charge on any atom is -0.478 e. The first-order chi connectivity index (χ1) is 13.3. The highest BCUT2D eigenvalue weighted by Crippen LogP contribution is 2.16. The Hall–Kier alpha value is -3.35. The van der Waals surface area contributed by atoms with Gasteiger partial charge in [-0.1, -0.05) is 50.2 Å². The topological polar surface area (TPSA) is 108 Å². The smallest absolute Gasteiger partial charge is 0.336 e. The molecule has 0 aliphatic carbocycles. The molecule has 2 aromatic carbocycles. The van der Waals surface area contributed by atoms with Crippen molar-refractivity contribution in [3.05, 3.63) is 65.2 Å². The molecule has 0 radical (unpaired) electrons. The van der Waals surface area contributed by atoms with E-state index in [1.165, 1.54) is 6.07 Å². The van der Waals surface area contributed by atoms with E-state index < -0.39 is 23.9 Å². The molecule has 1 unspecified atom stereocenters. The molecule has 0 bridgehead atoms. The van der Waals surface area contributed by atoms with Crippen molar-refractivity contribution in [2.24, 2.45) is 5.92 Å². The van der Waals surface area contributed by atoms with Crippen molar-refractivity contribution >= 4 is 23.6 Å². The minimum absolute atomic E-state index is 0.118. The molecule has 2 aromatic rings. The van der Waals surface area contributed by atoms with Crippen LogP contribution < -0.4 is 16.0 Å². The number of anilines is 1. The first-order valence-corrected chi connectivity index (χ1v) is 9.01. The van der Waals surface area contributed by atoms with Gasteiger partial charge in [0, 0.05) is 12.2 Å². The van der Waals surface area contributed by atoms with Crippen LogP contribution in [0.4, 0.5) is 10.5 Å². The number of amides is 3. The van der Waals surface area contributed by atoms with Crippen molar-refractivity contribution < 1.29 is 19.5 Å². The van der Waals surface area contributed by atoms with E-state index in [0.29, 0.717) is 17.8 Å². The first kappa shape index (κ1) is 21.0. The molecule has 0 fully saturated rings. The van der Waals surface area contributed by atoms with Crippen LogP contribution in [0.5, 0.6) is 0 Å². The number of carbonyl (C=O) groups excluding carboxylic acids is 2. The van der Waals surface area contributed by atoms with E-state index in [1.807, 2.05) is 44.2 Å². The molecule has 0 aliphatic rings. The molecular formula is C21H25N3O4. The van der Waals surface area contributed by atoms with Crippen molar-refractivity contribution in [1.82, 2.24) is 10.6 Å². The standard InChI is InChI=1S/C21H25N3O4/c1-13(2)18(24-21(28)22-12-15-7-5-4-6-8-15)19(25)23-16-10-9-14(3)17(11-16)20(26)27/h4-11,13,18H,12H2,1-3H3,(H,23,25)(H,26,27)(H2,22,24,28). The van der Waals surface area contributed by atoms with E-state index in [9.17, 15) is 19.5 Å². The Morgan fingerprint density at radius 1 is 1.04 bits per heavy atom. The number of carboxylic acid groups (broad SMARTS) is 1. The van der Waals surface area contributed by atoms with Gasteiger partial charge in [-0.3, -0.25) is 4.79 Å². The lowest BCUT2D eigenvalue weighted by molar-refractivity contribution is -0.118. The summed E-state index contributed by atoms with van der Waals surface area (Å²) in [6.07, 6.45) is 0. The van der Waals surface area contributed by atoms with E-state index in [-0.39, 0.29) is 11.5 Å². The van der Waals surface area contributed by atoms with Gasteiger partial charge in [0.15, 0.2) is 0 Å². The van der Waals surface area contributed by atoms with Gasteiger partial charge in [0.05, 0.1) is 5.56 Å². The zero-order chi connectivity index (χ0) is 20.7. The highest BCUT2D eigenvalue weighted by Gasteiger charge is 2.24. The average molecular weight is 383 g/mol. The number of rotatable bonds is 7. The SMILES string of the molecule is Cc1ccc(NC(=O)C(NC(=O)NCc2ccccc2)C(C)C)cc1C(=O)O. The summed E-state index contributed by atoms with van der Waals surface area (Å²) in [6.45, 7) is 5.67. The van der Waals surface area contributed by atoms with Crippen molar-refractivity contribution in [1.29, 1.82) is 0 Å². The summed E-state index contributed by atoms with van der Waals surface area (Å²) in [5.74, 6) is -1.63. The lowest BCUT2D eigenvalue weighted by Gasteiger charge is -2.22. The molecule has 0 saturated heterocycles. The number of aromatic carboxylic acids is 1. The monoisotopic (exact) mass is 383 g/mol. The van der Waals surface area contributed by atoms with Crippen LogP contribution >= 0.6 is 0 Å². The van der Waals surface area contributed by atoms with Crippen molar-refractivity contribution in [2.45, 2.75) is 33.4 Å². The maximum atomic E-state index is 12.6. The van der Waals surface area contributed by atoms with Crippen LogP contribution in [-0.4, -0.2) is 29.1 Å². The predicted octanol–water partition coefficient (Wildman–Crippen LogP) is 3.16. The van der Waals surface area contributed by atoms with Gasteiger partial charge in [0.25, 0.3) is 0 Å². The van der Waals surface area contributed by atoms with Gasteiger partial charge in [0.2, 0.25) is 5.91 Å². The fraction of sp³-hybridized carbons (Fsp3) is 0.286. The summed E-state index contributed by atoms with van der Waals surface area (Å²) in [5.41, 5.74) is 2.03. The lowest BCUT2D eigenvalue weighted by Crippen LogP contribution is -2.50. The number of urea groups is 1. The Morgan fingerprint density at radius 2 is 1.71 bits per heavy atom. The molecule has 7 heteroatoms. The second-order valence-electron chi connectivity index (χ2n) is 6.86.